The predicted molar refractivity (Wildman–Crippen MR) is 123 cm³/mol. The van der Waals surface area contributed by atoms with Crippen LogP contribution in [0.5, 0.6) is 0 Å². The Balaban J connectivity index is 1.41. The Morgan fingerprint density at radius 3 is 2.88 bits per heavy atom. The van der Waals surface area contributed by atoms with E-state index in [9.17, 15) is 4.79 Å². The molecule has 3 aromatic heterocycles. The zero-order valence-corrected chi connectivity index (χ0v) is 18.3. The van der Waals surface area contributed by atoms with Gasteiger partial charge in [0.1, 0.15) is 6.04 Å². The molecule has 1 amide bonds. The minimum Gasteiger partial charge on any atom is -0.381 e. The minimum absolute atomic E-state index is 0.00585. The summed E-state index contributed by atoms with van der Waals surface area (Å²) in [6.45, 7) is 2.23. The van der Waals surface area contributed by atoms with Crippen molar-refractivity contribution >= 4 is 28.4 Å². The Kier molecular flexibility index (Phi) is 5.14. The molecule has 1 atom stereocenters. The molecular weight excluding hydrogens is 420 g/mol. The smallest absolute Gasteiger partial charge is 0.242 e. The van der Waals surface area contributed by atoms with E-state index < -0.39 is 0 Å². The van der Waals surface area contributed by atoms with Crippen molar-refractivity contribution in [3.05, 3.63) is 36.7 Å². The molecule has 0 spiro atoms. The van der Waals surface area contributed by atoms with Gasteiger partial charge in [0.2, 0.25) is 11.9 Å². The lowest BCUT2D eigenvalue weighted by atomic mass is 10.1. The number of hydrogen-bond donors (Lipinski definition) is 2. The molecule has 0 unspecified atom stereocenters. The Labute approximate surface area is 190 Å². The van der Waals surface area contributed by atoms with Crippen molar-refractivity contribution in [1.29, 1.82) is 0 Å². The highest BCUT2D eigenvalue weighted by Crippen LogP contribution is 2.27. The molecule has 10 nitrogen and oxygen atoms in total. The Hall–Kier alpha value is -3.53. The van der Waals surface area contributed by atoms with Gasteiger partial charge in [0.25, 0.3) is 0 Å². The maximum atomic E-state index is 12.5. The largest absolute Gasteiger partial charge is 0.381 e. The third kappa shape index (κ3) is 3.80. The van der Waals surface area contributed by atoms with Crippen LogP contribution in [-0.2, 0) is 9.53 Å². The van der Waals surface area contributed by atoms with Gasteiger partial charge in [-0.25, -0.2) is 9.97 Å². The van der Waals surface area contributed by atoms with E-state index in [0.29, 0.717) is 30.0 Å². The monoisotopic (exact) mass is 446 g/mol. The molecule has 4 aromatic rings. The number of carbonyl (C=O) groups excluding carboxylic acids is 1. The number of nitrogens with one attached hydrogen (secondary N) is 2. The van der Waals surface area contributed by atoms with E-state index in [2.05, 4.69) is 15.7 Å². The predicted octanol–water partition coefficient (Wildman–Crippen LogP) is 2.57. The van der Waals surface area contributed by atoms with Crippen LogP contribution in [0, 0.1) is 0 Å². The fourth-order valence-corrected chi connectivity index (χ4v) is 4.61. The number of nitrogens with zero attached hydrogens (tertiary/aromatic N) is 6. The van der Waals surface area contributed by atoms with Crippen molar-refractivity contribution in [2.24, 2.45) is 0 Å². The summed E-state index contributed by atoms with van der Waals surface area (Å²) < 4.78 is 9.18. The van der Waals surface area contributed by atoms with Crippen molar-refractivity contribution in [3.8, 4) is 11.4 Å². The molecule has 170 valence electrons. The number of carbonyl (C=O) groups is 1. The van der Waals surface area contributed by atoms with Crippen molar-refractivity contribution in [3.63, 3.8) is 0 Å². The molecule has 0 bridgehead atoms. The summed E-state index contributed by atoms with van der Waals surface area (Å²) >= 11 is 0. The molecule has 33 heavy (non-hydrogen) atoms. The van der Waals surface area contributed by atoms with Crippen LogP contribution in [0.4, 0.5) is 5.95 Å². The number of hydrogen-bond acceptors (Lipinski definition) is 7. The van der Waals surface area contributed by atoms with Gasteiger partial charge in [-0.05, 0) is 44.2 Å². The molecule has 2 aliphatic rings. The average molecular weight is 447 g/mol. The van der Waals surface area contributed by atoms with Gasteiger partial charge in [0.05, 0.1) is 23.3 Å². The first kappa shape index (κ1) is 20.1. The highest BCUT2D eigenvalue weighted by Gasteiger charge is 2.24. The van der Waals surface area contributed by atoms with E-state index in [1.807, 2.05) is 41.3 Å². The van der Waals surface area contributed by atoms with Crippen molar-refractivity contribution in [2.75, 3.05) is 25.1 Å². The van der Waals surface area contributed by atoms with Crippen LogP contribution in [0.1, 0.15) is 38.1 Å². The third-order valence-electron chi connectivity index (χ3n) is 6.44. The van der Waals surface area contributed by atoms with Crippen molar-refractivity contribution in [1.82, 2.24) is 34.7 Å². The van der Waals surface area contributed by atoms with Crippen molar-refractivity contribution in [2.45, 2.75) is 44.2 Å². The molecule has 2 fully saturated rings. The van der Waals surface area contributed by atoms with Crippen LogP contribution < -0.4 is 10.6 Å². The number of ether oxygens (including phenoxy) is 1. The Morgan fingerprint density at radius 1 is 1.09 bits per heavy atom. The van der Waals surface area contributed by atoms with Gasteiger partial charge >= 0.3 is 0 Å². The molecule has 10 heteroatoms. The molecule has 0 aliphatic carbocycles. The van der Waals surface area contributed by atoms with Gasteiger partial charge in [-0.1, -0.05) is 12.1 Å². The maximum Gasteiger partial charge on any atom is 0.242 e. The fraction of sp³-hybridized carbons (Fsp3) is 0.435. The standard InChI is InChI=1S/C23H26N8O2/c32-22-19(7-3-4-10-24-22)27-23-26-18-6-2-1-5-17(18)21-28-20(29-31(21)23)15-13-25-30(14-15)16-8-11-33-12-9-16/h1-2,5-6,13-14,16,19H,3-4,7-12H2,(H,24,32)(H,26,27)/t19-/m1/s1. The SMILES string of the molecule is O=C1NCCCC[C@H]1Nc1nc2ccccc2c2nc(-c3cnn(C4CCOCC4)c3)nn12. The molecule has 0 radical (unpaired) electrons. The second-order valence-corrected chi connectivity index (χ2v) is 8.66. The molecule has 2 saturated heterocycles. The summed E-state index contributed by atoms with van der Waals surface area (Å²) in [7, 11) is 0. The van der Waals surface area contributed by atoms with E-state index >= 15 is 0 Å². The first-order chi connectivity index (χ1) is 16.3. The van der Waals surface area contributed by atoms with Gasteiger partial charge in [-0.15, -0.1) is 5.10 Å². The number of benzene rings is 1. The van der Waals surface area contributed by atoms with E-state index in [0.717, 1.165) is 61.8 Å². The molecule has 2 aliphatic heterocycles. The zero-order chi connectivity index (χ0) is 22.2. The fourth-order valence-electron chi connectivity index (χ4n) is 4.61. The highest BCUT2D eigenvalue weighted by molar-refractivity contribution is 5.93. The second kappa shape index (κ2) is 8.43. The summed E-state index contributed by atoms with van der Waals surface area (Å²) in [6, 6.07) is 7.83. The van der Waals surface area contributed by atoms with E-state index in [4.69, 9.17) is 19.8 Å². The van der Waals surface area contributed by atoms with Crippen LogP contribution in [0.3, 0.4) is 0 Å². The number of rotatable bonds is 4. The molecular formula is C23H26N8O2. The van der Waals surface area contributed by atoms with Crippen molar-refractivity contribution < 1.29 is 9.53 Å². The summed E-state index contributed by atoms with van der Waals surface area (Å²) in [4.78, 5) is 22.2. The topological polar surface area (TPSA) is 111 Å². The lowest BCUT2D eigenvalue weighted by Crippen LogP contribution is -2.38. The quantitative estimate of drug-likeness (QED) is 0.496. The number of aromatic nitrogens is 6. The van der Waals surface area contributed by atoms with Gasteiger partial charge < -0.3 is 15.4 Å². The first-order valence-electron chi connectivity index (χ1n) is 11.6. The first-order valence-corrected chi connectivity index (χ1v) is 11.6. The molecule has 6 rings (SSSR count). The van der Waals surface area contributed by atoms with Crippen LogP contribution in [0.2, 0.25) is 0 Å². The van der Waals surface area contributed by atoms with E-state index in [-0.39, 0.29) is 11.9 Å². The molecule has 0 saturated carbocycles. The third-order valence-corrected chi connectivity index (χ3v) is 6.44. The number of fused-ring (bicyclic) bond motifs is 3. The van der Waals surface area contributed by atoms with E-state index in [1.165, 1.54) is 0 Å². The highest BCUT2D eigenvalue weighted by atomic mass is 16.5. The summed E-state index contributed by atoms with van der Waals surface area (Å²) in [5, 5.41) is 16.6. The van der Waals surface area contributed by atoms with Crippen LogP contribution in [0.15, 0.2) is 36.7 Å². The van der Waals surface area contributed by atoms with Gasteiger partial charge in [0.15, 0.2) is 11.5 Å². The van der Waals surface area contributed by atoms with Crippen LogP contribution in [-0.4, -0.2) is 61.1 Å². The molecule has 5 heterocycles. The second-order valence-electron chi connectivity index (χ2n) is 8.66. The molecule has 1 aromatic carbocycles. The average Bonchev–Trinajstić information content (AvgIpc) is 3.47. The van der Waals surface area contributed by atoms with Gasteiger partial charge in [-0.2, -0.15) is 9.61 Å². The number of anilines is 1. The summed E-state index contributed by atoms with van der Waals surface area (Å²) in [6.07, 6.45) is 8.42. The summed E-state index contributed by atoms with van der Waals surface area (Å²) in [5.41, 5.74) is 2.36. The lowest BCUT2D eigenvalue weighted by Gasteiger charge is -2.22. The van der Waals surface area contributed by atoms with E-state index in [1.54, 1.807) is 4.52 Å². The number of para-hydroxylation sites is 1. The van der Waals surface area contributed by atoms with Crippen LogP contribution >= 0.6 is 0 Å². The normalized spacial score (nSPS) is 20.1. The van der Waals surface area contributed by atoms with Gasteiger partial charge in [0, 0.05) is 31.3 Å². The van der Waals surface area contributed by atoms with Crippen LogP contribution in [0.25, 0.3) is 27.9 Å². The Bertz CT molecular complexity index is 1310. The molecule has 2 N–H and O–H groups in total. The number of amides is 1. The summed E-state index contributed by atoms with van der Waals surface area (Å²) in [5.74, 6) is 1.09. The zero-order valence-electron chi connectivity index (χ0n) is 18.3. The van der Waals surface area contributed by atoms with Gasteiger partial charge in [-0.3, -0.25) is 9.48 Å². The Morgan fingerprint density at radius 2 is 1.97 bits per heavy atom. The maximum absolute atomic E-state index is 12.5. The lowest BCUT2D eigenvalue weighted by molar-refractivity contribution is -0.121. The minimum atomic E-state index is -0.353.